The van der Waals surface area contributed by atoms with Crippen LogP contribution < -0.4 is 4.72 Å². The van der Waals surface area contributed by atoms with Gasteiger partial charge in [0, 0.05) is 24.5 Å². The predicted octanol–water partition coefficient (Wildman–Crippen LogP) is 3.60. The first-order valence-corrected chi connectivity index (χ1v) is 11.5. The zero-order valence-corrected chi connectivity index (χ0v) is 16.5. The fourth-order valence-corrected chi connectivity index (χ4v) is 5.21. The van der Waals surface area contributed by atoms with E-state index in [1.165, 1.54) is 28.9 Å². The highest BCUT2D eigenvalue weighted by Gasteiger charge is 2.17. The molecular weight excluding hydrogens is 378 g/mol. The van der Waals surface area contributed by atoms with Crippen molar-refractivity contribution in [3.63, 3.8) is 0 Å². The summed E-state index contributed by atoms with van der Waals surface area (Å²) in [4.78, 5) is 9.20. The quantitative estimate of drug-likeness (QED) is 0.687. The Balaban J connectivity index is 1.39. The van der Waals surface area contributed by atoms with Crippen molar-refractivity contribution >= 4 is 21.4 Å². The third-order valence-corrected chi connectivity index (χ3v) is 7.11. The number of thiazole rings is 1. The first kappa shape index (κ1) is 18.3. The monoisotopic (exact) mass is 399 g/mol. The van der Waals surface area contributed by atoms with Gasteiger partial charge in [-0.05, 0) is 61.1 Å². The fraction of sp³-hybridized carbons (Fsp3) is 0.300. The van der Waals surface area contributed by atoms with Crippen molar-refractivity contribution in [1.29, 1.82) is 0 Å². The first-order valence-electron chi connectivity index (χ1n) is 9.09. The predicted molar refractivity (Wildman–Crippen MR) is 107 cm³/mol. The van der Waals surface area contributed by atoms with E-state index in [9.17, 15) is 8.42 Å². The number of aromatic nitrogens is 2. The normalized spacial score (nSPS) is 14.1. The van der Waals surface area contributed by atoms with Crippen LogP contribution >= 0.6 is 11.3 Å². The van der Waals surface area contributed by atoms with Gasteiger partial charge in [-0.1, -0.05) is 12.1 Å². The molecule has 0 bridgehead atoms. The molecule has 1 N–H and O–H groups in total. The van der Waals surface area contributed by atoms with Crippen molar-refractivity contribution in [3.05, 3.63) is 64.8 Å². The zero-order valence-electron chi connectivity index (χ0n) is 14.9. The van der Waals surface area contributed by atoms with E-state index in [0.29, 0.717) is 17.9 Å². The molecule has 0 radical (unpaired) electrons. The minimum absolute atomic E-state index is 0.324. The van der Waals surface area contributed by atoms with E-state index in [1.54, 1.807) is 12.3 Å². The molecule has 0 amide bonds. The molecule has 7 heteroatoms. The molecule has 1 aliphatic carbocycles. The van der Waals surface area contributed by atoms with Crippen molar-refractivity contribution in [2.75, 3.05) is 6.54 Å². The molecule has 0 spiro atoms. The molecule has 5 nitrogen and oxygen atoms in total. The third-order valence-electron chi connectivity index (χ3n) is 4.74. The summed E-state index contributed by atoms with van der Waals surface area (Å²) in [5.41, 5.74) is 4.16. The van der Waals surface area contributed by atoms with Crippen molar-refractivity contribution in [2.45, 2.75) is 37.0 Å². The molecule has 1 aromatic carbocycles. The molecule has 1 aliphatic rings. The maximum atomic E-state index is 12.6. The van der Waals surface area contributed by atoms with E-state index in [1.807, 2.05) is 35.7 Å². The average molecular weight is 400 g/mol. The molecule has 4 rings (SSSR count). The van der Waals surface area contributed by atoms with Gasteiger partial charge < -0.3 is 0 Å². The second-order valence-electron chi connectivity index (χ2n) is 6.64. The van der Waals surface area contributed by atoms with Crippen molar-refractivity contribution in [3.8, 4) is 10.7 Å². The number of benzene rings is 1. The van der Waals surface area contributed by atoms with Crippen LogP contribution in [0.3, 0.4) is 0 Å². The summed E-state index contributed by atoms with van der Waals surface area (Å²) in [6, 6.07) is 11.2. The van der Waals surface area contributed by atoms with Gasteiger partial charge in [0.05, 0.1) is 16.3 Å². The molecule has 0 unspecified atom stereocenters. The molecule has 3 aromatic rings. The molecule has 0 aliphatic heterocycles. The van der Waals surface area contributed by atoms with Gasteiger partial charge in [-0.3, -0.25) is 4.98 Å². The van der Waals surface area contributed by atoms with Crippen molar-refractivity contribution in [1.82, 2.24) is 14.7 Å². The number of rotatable bonds is 6. The van der Waals surface area contributed by atoms with Crippen LogP contribution in [0.1, 0.15) is 29.7 Å². The Morgan fingerprint density at radius 3 is 2.74 bits per heavy atom. The number of hydrogen-bond donors (Lipinski definition) is 1. The molecule has 0 saturated carbocycles. The van der Waals surface area contributed by atoms with Crippen LogP contribution in [0.5, 0.6) is 0 Å². The van der Waals surface area contributed by atoms with Gasteiger partial charge in [0.15, 0.2) is 0 Å². The van der Waals surface area contributed by atoms with Gasteiger partial charge in [-0.2, -0.15) is 0 Å². The number of pyridine rings is 1. The van der Waals surface area contributed by atoms with Gasteiger partial charge >= 0.3 is 0 Å². The lowest BCUT2D eigenvalue weighted by Crippen LogP contribution is -2.26. The van der Waals surface area contributed by atoms with Crippen molar-refractivity contribution < 1.29 is 8.42 Å². The molecule has 27 heavy (non-hydrogen) atoms. The lowest BCUT2D eigenvalue weighted by Gasteiger charge is -2.16. The van der Waals surface area contributed by atoms with Gasteiger partial charge in [-0.15, -0.1) is 11.3 Å². The third kappa shape index (κ3) is 4.26. The highest BCUT2D eigenvalue weighted by atomic mass is 32.2. The highest BCUT2D eigenvalue weighted by Crippen LogP contribution is 2.24. The van der Waals surface area contributed by atoms with Crippen molar-refractivity contribution in [2.24, 2.45) is 0 Å². The number of fused-ring (bicyclic) bond motifs is 1. The topological polar surface area (TPSA) is 72.0 Å². The Bertz CT molecular complexity index is 1030. The maximum Gasteiger partial charge on any atom is 0.240 e. The smallest absolute Gasteiger partial charge is 0.240 e. The summed E-state index contributed by atoms with van der Waals surface area (Å²) in [6.45, 7) is 0.324. The number of hydrogen-bond acceptors (Lipinski definition) is 5. The van der Waals surface area contributed by atoms with Crippen LogP contribution in [0.4, 0.5) is 0 Å². The molecule has 0 saturated heterocycles. The van der Waals surface area contributed by atoms with Gasteiger partial charge in [0.25, 0.3) is 0 Å². The standard InChI is InChI=1S/C20H21N3O2S2/c24-27(25,18-9-8-15-5-1-2-6-16(15)13-18)22-12-10-17-14-26-20(23-17)19-7-3-4-11-21-19/h3-4,7-9,11,13-14,22H,1-2,5-6,10,12H2. The summed E-state index contributed by atoms with van der Waals surface area (Å²) >= 11 is 1.52. The van der Waals surface area contributed by atoms with E-state index >= 15 is 0 Å². The Hall–Kier alpha value is -2.09. The zero-order chi connectivity index (χ0) is 18.7. The summed E-state index contributed by atoms with van der Waals surface area (Å²) in [5.74, 6) is 0. The van der Waals surface area contributed by atoms with Crippen LogP contribution in [-0.2, 0) is 29.3 Å². The number of nitrogens with zero attached hydrogens (tertiary/aromatic N) is 2. The Morgan fingerprint density at radius 2 is 1.93 bits per heavy atom. The number of sulfonamides is 1. The first-order chi connectivity index (χ1) is 13.1. The highest BCUT2D eigenvalue weighted by molar-refractivity contribution is 7.89. The minimum atomic E-state index is -3.50. The van der Waals surface area contributed by atoms with Gasteiger partial charge in [0.2, 0.25) is 10.0 Å². The van der Waals surface area contributed by atoms with E-state index in [4.69, 9.17) is 0 Å². The molecule has 2 aromatic heterocycles. The largest absolute Gasteiger partial charge is 0.254 e. The van der Waals surface area contributed by atoms with Crippen LogP contribution in [-0.4, -0.2) is 24.9 Å². The molecular formula is C20H21N3O2S2. The van der Waals surface area contributed by atoms with Crippen LogP contribution in [0.2, 0.25) is 0 Å². The molecule has 140 valence electrons. The summed E-state index contributed by atoms with van der Waals surface area (Å²) in [5, 5.41) is 2.81. The van der Waals surface area contributed by atoms with Crippen LogP contribution in [0.15, 0.2) is 52.9 Å². The van der Waals surface area contributed by atoms with Crippen LogP contribution in [0.25, 0.3) is 10.7 Å². The van der Waals surface area contributed by atoms with E-state index < -0.39 is 10.0 Å². The molecule has 2 heterocycles. The summed E-state index contributed by atoms with van der Waals surface area (Å²) in [6.07, 6.45) is 6.62. The Kier molecular flexibility index (Phi) is 5.33. The Labute approximate surface area is 163 Å². The Morgan fingerprint density at radius 1 is 1.07 bits per heavy atom. The van der Waals surface area contributed by atoms with E-state index in [0.717, 1.165) is 35.7 Å². The second-order valence-corrected chi connectivity index (χ2v) is 9.27. The summed E-state index contributed by atoms with van der Waals surface area (Å²) < 4.78 is 27.9. The van der Waals surface area contributed by atoms with Gasteiger partial charge in [-0.25, -0.2) is 18.1 Å². The van der Waals surface area contributed by atoms with Crippen LogP contribution in [0, 0.1) is 0 Å². The fourth-order valence-electron chi connectivity index (χ4n) is 3.30. The van der Waals surface area contributed by atoms with E-state index in [-0.39, 0.29) is 0 Å². The number of aryl methyl sites for hydroxylation is 2. The molecule has 0 atom stereocenters. The second kappa shape index (κ2) is 7.88. The van der Waals surface area contributed by atoms with E-state index in [2.05, 4.69) is 14.7 Å². The SMILES string of the molecule is O=S(=O)(NCCc1csc(-c2ccccn2)n1)c1ccc2c(c1)CCCC2. The lowest BCUT2D eigenvalue weighted by atomic mass is 9.92. The average Bonchev–Trinajstić information content (AvgIpc) is 3.17. The maximum absolute atomic E-state index is 12.6. The molecule has 0 fully saturated rings. The summed E-state index contributed by atoms with van der Waals surface area (Å²) in [7, 11) is -3.50. The van der Waals surface area contributed by atoms with Gasteiger partial charge in [0.1, 0.15) is 5.01 Å². The lowest BCUT2D eigenvalue weighted by molar-refractivity contribution is 0.580. The minimum Gasteiger partial charge on any atom is -0.254 e. The number of nitrogens with one attached hydrogen (secondary N) is 1.